The Morgan fingerprint density at radius 2 is 2.39 bits per heavy atom. The zero-order valence-corrected chi connectivity index (χ0v) is 10.6. The average Bonchev–Trinajstić information content (AvgIpc) is 2.34. The van der Waals surface area contributed by atoms with E-state index in [2.05, 4.69) is 4.98 Å². The first-order valence-electron chi connectivity index (χ1n) is 6.17. The summed E-state index contributed by atoms with van der Waals surface area (Å²) in [4.78, 5) is 15.7. The standard InChI is InChI=1S/C12H18N2O4/c1-3-17-10-6-7-14(12(16)13-10)11-5-4-9(15)8(2)18-11/h6-9,11,15H,3-5H2,1-2H3/t8-,9+,11-/m0/s1. The van der Waals surface area contributed by atoms with Crippen LogP contribution >= 0.6 is 0 Å². The van der Waals surface area contributed by atoms with Gasteiger partial charge in [-0.25, -0.2) is 4.79 Å². The van der Waals surface area contributed by atoms with E-state index in [-0.39, 0.29) is 12.3 Å². The van der Waals surface area contributed by atoms with Gasteiger partial charge >= 0.3 is 5.69 Å². The van der Waals surface area contributed by atoms with Gasteiger partial charge in [-0.15, -0.1) is 0 Å². The highest BCUT2D eigenvalue weighted by molar-refractivity contribution is 5.06. The average molecular weight is 254 g/mol. The topological polar surface area (TPSA) is 73.6 Å². The molecule has 1 aromatic rings. The number of hydrogen-bond donors (Lipinski definition) is 1. The van der Waals surface area contributed by atoms with Crippen molar-refractivity contribution in [1.82, 2.24) is 9.55 Å². The van der Waals surface area contributed by atoms with E-state index in [1.54, 1.807) is 19.2 Å². The minimum atomic E-state index is -0.465. The Hall–Kier alpha value is -1.40. The molecule has 0 aromatic carbocycles. The fraction of sp³-hybridized carbons (Fsp3) is 0.667. The molecular formula is C12H18N2O4. The maximum Gasteiger partial charge on any atom is 0.352 e. The molecule has 6 heteroatoms. The van der Waals surface area contributed by atoms with Crippen molar-refractivity contribution >= 4 is 0 Å². The van der Waals surface area contributed by atoms with Crippen molar-refractivity contribution in [3.05, 3.63) is 22.7 Å². The summed E-state index contributed by atoms with van der Waals surface area (Å²) in [5, 5.41) is 9.58. The van der Waals surface area contributed by atoms with E-state index in [1.165, 1.54) is 4.57 Å². The van der Waals surface area contributed by atoms with E-state index in [0.717, 1.165) is 0 Å². The van der Waals surface area contributed by atoms with Crippen LogP contribution in [0.25, 0.3) is 0 Å². The Balaban J connectivity index is 2.16. The van der Waals surface area contributed by atoms with Crippen LogP contribution in [0.1, 0.15) is 32.9 Å². The second-order valence-corrected chi connectivity index (χ2v) is 4.33. The van der Waals surface area contributed by atoms with Crippen molar-refractivity contribution in [3.8, 4) is 5.88 Å². The lowest BCUT2D eigenvalue weighted by atomic mass is 10.1. The second kappa shape index (κ2) is 5.49. The summed E-state index contributed by atoms with van der Waals surface area (Å²) in [6.07, 6.45) is 1.73. The Kier molecular flexibility index (Phi) is 3.98. The third-order valence-electron chi connectivity index (χ3n) is 3.03. The van der Waals surface area contributed by atoms with Crippen molar-refractivity contribution in [2.24, 2.45) is 0 Å². The molecule has 6 nitrogen and oxygen atoms in total. The van der Waals surface area contributed by atoms with Gasteiger partial charge in [0.25, 0.3) is 0 Å². The van der Waals surface area contributed by atoms with Crippen molar-refractivity contribution in [1.29, 1.82) is 0 Å². The van der Waals surface area contributed by atoms with Crippen LogP contribution in [0.5, 0.6) is 5.88 Å². The molecule has 1 saturated heterocycles. The lowest BCUT2D eigenvalue weighted by molar-refractivity contribution is -0.139. The van der Waals surface area contributed by atoms with Crippen molar-refractivity contribution in [3.63, 3.8) is 0 Å². The molecule has 2 heterocycles. The fourth-order valence-corrected chi connectivity index (χ4v) is 2.00. The van der Waals surface area contributed by atoms with E-state index in [1.807, 2.05) is 6.92 Å². The molecule has 0 unspecified atom stereocenters. The number of aliphatic hydroxyl groups is 1. The molecule has 0 radical (unpaired) electrons. The Morgan fingerprint density at radius 3 is 3.00 bits per heavy atom. The highest BCUT2D eigenvalue weighted by Gasteiger charge is 2.28. The molecule has 0 bridgehead atoms. The van der Waals surface area contributed by atoms with E-state index < -0.39 is 11.8 Å². The predicted octanol–water partition coefficient (Wildman–Crippen LogP) is 0.700. The molecule has 18 heavy (non-hydrogen) atoms. The van der Waals surface area contributed by atoms with E-state index in [9.17, 15) is 9.90 Å². The van der Waals surface area contributed by atoms with Gasteiger partial charge in [-0.3, -0.25) is 4.57 Å². The van der Waals surface area contributed by atoms with Crippen LogP contribution in [0.3, 0.4) is 0 Å². The highest BCUT2D eigenvalue weighted by atomic mass is 16.5. The minimum absolute atomic E-state index is 0.276. The summed E-state index contributed by atoms with van der Waals surface area (Å²) in [6.45, 7) is 4.10. The van der Waals surface area contributed by atoms with Gasteiger partial charge in [0, 0.05) is 12.3 Å². The van der Waals surface area contributed by atoms with Crippen molar-refractivity contribution < 1.29 is 14.6 Å². The van der Waals surface area contributed by atoms with Gasteiger partial charge in [-0.1, -0.05) is 0 Å². The molecule has 1 aliphatic heterocycles. The first kappa shape index (κ1) is 13.0. The smallest absolute Gasteiger partial charge is 0.352 e. The van der Waals surface area contributed by atoms with Gasteiger partial charge in [-0.05, 0) is 26.7 Å². The number of rotatable bonds is 3. The maximum atomic E-state index is 11.8. The summed E-state index contributed by atoms with van der Waals surface area (Å²) in [6, 6.07) is 1.64. The molecule has 1 aromatic heterocycles. The predicted molar refractivity (Wildman–Crippen MR) is 64.5 cm³/mol. The van der Waals surface area contributed by atoms with Gasteiger partial charge in [-0.2, -0.15) is 4.98 Å². The zero-order chi connectivity index (χ0) is 13.1. The lowest BCUT2D eigenvalue weighted by Gasteiger charge is -2.32. The van der Waals surface area contributed by atoms with Crippen LogP contribution < -0.4 is 10.4 Å². The number of nitrogens with zero attached hydrogens (tertiary/aromatic N) is 2. The van der Waals surface area contributed by atoms with Crippen molar-refractivity contribution in [2.75, 3.05) is 6.61 Å². The second-order valence-electron chi connectivity index (χ2n) is 4.33. The molecule has 0 amide bonds. The van der Waals surface area contributed by atoms with Gasteiger partial charge in [0.15, 0.2) is 0 Å². The number of aliphatic hydroxyl groups excluding tert-OH is 1. The highest BCUT2D eigenvalue weighted by Crippen LogP contribution is 2.25. The van der Waals surface area contributed by atoms with Crippen molar-refractivity contribution in [2.45, 2.75) is 45.1 Å². The SMILES string of the molecule is CCOc1ccn([C@@H]2CC[C@@H](O)[C@H](C)O2)c(=O)n1. The summed E-state index contributed by atoms with van der Waals surface area (Å²) in [5.74, 6) is 0.322. The van der Waals surface area contributed by atoms with Crippen LogP contribution in [-0.2, 0) is 4.74 Å². The zero-order valence-electron chi connectivity index (χ0n) is 10.6. The number of ether oxygens (including phenoxy) is 2. The molecule has 3 atom stereocenters. The van der Waals surface area contributed by atoms with E-state index in [0.29, 0.717) is 25.3 Å². The lowest BCUT2D eigenvalue weighted by Crippen LogP contribution is -2.38. The fourth-order valence-electron chi connectivity index (χ4n) is 2.00. The number of hydrogen-bond acceptors (Lipinski definition) is 5. The van der Waals surface area contributed by atoms with Crippen LogP contribution in [-0.4, -0.2) is 33.5 Å². The minimum Gasteiger partial charge on any atom is -0.478 e. The van der Waals surface area contributed by atoms with Gasteiger partial charge in [0.1, 0.15) is 6.23 Å². The summed E-state index contributed by atoms with van der Waals surface area (Å²) in [7, 11) is 0. The van der Waals surface area contributed by atoms with E-state index in [4.69, 9.17) is 9.47 Å². The third-order valence-corrected chi connectivity index (χ3v) is 3.03. The monoisotopic (exact) mass is 254 g/mol. The summed E-state index contributed by atoms with van der Waals surface area (Å²) in [5.41, 5.74) is -0.394. The molecular weight excluding hydrogens is 236 g/mol. The molecule has 0 aliphatic carbocycles. The van der Waals surface area contributed by atoms with E-state index >= 15 is 0 Å². The number of aromatic nitrogens is 2. The third kappa shape index (κ3) is 2.70. The first-order chi connectivity index (χ1) is 8.61. The molecule has 1 fully saturated rings. The van der Waals surface area contributed by atoms with Gasteiger partial charge in [0.2, 0.25) is 5.88 Å². The largest absolute Gasteiger partial charge is 0.478 e. The molecule has 2 rings (SSSR count). The summed E-state index contributed by atoms with van der Waals surface area (Å²) < 4.78 is 12.2. The van der Waals surface area contributed by atoms with Gasteiger partial charge < -0.3 is 14.6 Å². The molecule has 0 spiro atoms. The Bertz CT molecular complexity index is 460. The Morgan fingerprint density at radius 1 is 1.61 bits per heavy atom. The molecule has 0 saturated carbocycles. The van der Waals surface area contributed by atoms with Crippen LogP contribution in [0, 0.1) is 0 Å². The van der Waals surface area contributed by atoms with Gasteiger partial charge in [0.05, 0.1) is 18.8 Å². The molecule has 100 valence electrons. The van der Waals surface area contributed by atoms with Crippen LogP contribution in [0.15, 0.2) is 17.1 Å². The quantitative estimate of drug-likeness (QED) is 0.859. The first-order valence-corrected chi connectivity index (χ1v) is 6.17. The van der Waals surface area contributed by atoms with Crippen LogP contribution in [0.4, 0.5) is 0 Å². The Labute approximate surface area is 105 Å². The summed E-state index contributed by atoms with van der Waals surface area (Å²) >= 11 is 0. The van der Waals surface area contributed by atoms with Crippen LogP contribution in [0.2, 0.25) is 0 Å². The normalized spacial score (nSPS) is 28.1. The molecule has 1 aliphatic rings. The maximum absolute atomic E-state index is 11.8. The molecule has 1 N–H and O–H groups in total.